The summed E-state index contributed by atoms with van der Waals surface area (Å²) in [7, 11) is 0. The Morgan fingerprint density at radius 2 is 1.18 bits per heavy atom. The van der Waals surface area contributed by atoms with E-state index in [4.69, 9.17) is 5.26 Å². The Kier molecular flexibility index (Phi) is 2.72. The SMILES string of the molecule is CC(C)(C)C(C#N)C(C)(C)C. The second-order valence-corrected chi connectivity index (χ2v) is 5.29. The van der Waals surface area contributed by atoms with Crippen LogP contribution in [0, 0.1) is 28.1 Å². The average Bonchev–Trinajstić information content (AvgIpc) is 1.56. The highest BCUT2D eigenvalue weighted by molar-refractivity contribution is 4.97. The van der Waals surface area contributed by atoms with Crippen LogP contribution in [-0.2, 0) is 0 Å². The molecule has 0 spiro atoms. The van der Waals surface area contributed by atoms with Crippen LogP contribution < -0.4 is 0 Å². The van der Waals surface area contributed by atoms with Crippen molar-refractivity contribution in [3.63, 3.8) is 0 Å². The smallest absolute Gasteiger partial charge is 0.0666 e. The van der Waals surface area contributed by atoms with Crippen molar-refractivity contribution in [2.75, 3.05) is 0 Å². The summed E-state index contributed by atoms with van der Waals surface area (Å²) < 4.78 is 0. The summed E-state index contributed by atoms with van der Waals surface area (Å²) in [5.74, 6) is 0.120. The maximum Gasteiger partial charge on any atom is 0.0666 e. The van der Waals surface area contributed by atoms with Crippen LogP contribution in [-0.4, -0.2) is 0 Å². The third-order valence-electron chi connectivity index (χ3n) is 1.86. The molecule has 0 atom stereocenters. The zero-order valence-corrected chi connectivity index (χ0v) is 8.52. The molecule has 0 fully saturated rings. The Morgan fingerprint density at radius 1 is 0.909 bits per heavy atom. The first-order chi connectivity index (χ1) is 4.69. The van der Waals surface area contributed by atoms with Crippen LogP contribution in [0.15, 0.2) is 0 Å². The largest absolute Gasteiger partial charge is 0.198 e. The first-order valence-electron chi connectivity index (χ1n) is 4.09. The molecular weight excluding hydrogens is 134 g/mol. The molecule has 0 saturated heterocycles. The molecule has 0 N–H and O–H groups in total. The lowest BCUT2D eigenvalue weighted by Gasteiger charge is -2.35. The van der Waals surface area contributed by atoms with E-state index < -0.39 is 0 Å². The molecule has 11 heavy (non-hydrogen) atoms. The summed E-state index contributed by atoms with van der Waals surface area (Å²) in [6, 6.07) is 2.38. The quantitative estimate of drug-likeness (QED) is 0.524. The molecule has 0 heterocycles. The average molecular weight is 153 g/mol. The highest BCUT2D eigenvalue weighted by Crippen LogP contribution is 2.38. The number of hydrogen-bond acceptors (Lipinski definition) is 1. The lowest BCUT2D eigenvalue weighted by atomic mass is 9.67. The standard InChI is InChI=1S/C10H19N/c1-9(2,3)8(7-11)10(4,5)6/h8H,1-6H3. The summed E-state index contributed by atoms with van der Waals surface area (Å²) in [5, 5.41) is 8.95. The third-order valence-corrected chi connectivity index (χ3v) is 1.86. The fourth-order valence-corrected chi connectivity index (χ4v) is 1.69. The number of hydrogen-bond donors (Lipinski definition) is 0. The summed E-state index contributed by atoms with van der Waals surface area (Å²) in [5.41, 5.74) is 0.181. The summed E-state index contributed by atoms with van der Waals surface area (Å²) in [6.07, 6.45) is 0. The van der Waals surface area contributed by atoms with Gasteiger partial charge in [0.2, 0.25) is 0 Å². The fraction of sp³-hybridized carbons (Fsp3) is 0.900. The Balaban J connectivity index is 4.60. The third kappa shape index (κ3) is 2.93. The van der Waals surface area contributed by atoms with Gasteiger partial charge in [0.15, 0.2) is 0 Å². The van der Waals surface area contributed by atoms with Gasteiger partial charge in [0.25, 0.3) is 0 Å². The van der Waals surface area contributed by atoms with Crippen molar-refractivity contribution in [1.82, 2.24) is 0 Å². The van der Waals surface area contributed by atoms with Gasteiger partial charge in [-0.3, -0.25) is 0 Å². The van der Waals surface area contributed by atoms with Crippen LogP contribution in [0.4, 0.5) is 0 Å². The summed E-state index contributed by atoms with van der Waals surface area (Å²) >= 11 is 0. The van der Waals surface area contributed by atoms with E-state index in [1.807, 2.05) is 0 Å². The van der Waals surface area contributed by atoms with E-state index in [0.29, 0.717) is 0 Å². The molecule has 1 nitrogen and oxygen atoms in total. The highest BCUT2D eigenvalue weighted by Gasteiger charge is 2.34. The summed E-state index contributed by atoms with van der Waals surface area (Å²) in [4.78, 5) is 0. The zero-order chi connectivity index (χ0) is 9.28. The van der Waals surface area contributed by atoms with Crippen molar-refractivity contribution < 1.29 is 0 Å². The second-order valence-electron chi connectivity index (χ2n) is 5.29. The van der Waals surface area contributed by atoms with E-state index in [-0.39, 0.29) is 16.7 Å². The molecular formula is C10H19N. The first kappa shape index (κ1) is 10.5. The van der Waals surface area contributed by atoms with E-state index in [1.165, 1.54) is 0 Å². The molecule has 0 aliphatic carbocycles. The van der Waals surface area contributed by atoms with Crippen LogP contribution in [0.5, 0.6) is 0 Å². The van der Waals surface area contributed by atoms with Gasteiger partial charge < -0.3 is 0 Å². The van der Waals surface area contributed by atoms with Crippen molar-refractivity contribution in [2.45, 2.75) is 41.5 Å². The number of nitrogens with zero attached hydrogens (tertiary/aromatic N) is 1. The van der Waals surface area contributed by atoms with Gasteiger partial charge in [0.1, 0.15) is 0 Å². The van der Waals surface area contributed by atoms with Crippen molar-refractivity contribution >= 4 is 0 Å². The molecule has 0 amide bonds. The molecule has 64 valence electrons. The molecule has 0 bridgehead atoms. The van der Waals surface area contributed by atoms with E-state index in [9.17, 15) is 0 Å². The topological polar surface area (TPSA) is 23.8 Å². The molecule has 0 aromatic heterocycles. The maximum absolute atomic E-state index is 8.95. The van der Waals surface area contributed by atoms with Gasteiger partial charge in [-0.25, -0.2) is 0 Å². The van der Waals surface area contributed by atoms with E-state index in [2.05, 4.69) is 47.6 Å². The Morgan fingerprint density at radius 3 is 1.18 bits per heavy atom. The molecule has 0 rings (SSSR count). The van der Waals surface area contributed by atoms with Crippen LogP contribution in [0.25, 0.3) is 0 Å². The Hall–Kier alpha value is -0.510. The first-order valence-corrected chi connectivity index (χ1v) is 4.09. The van der Waals surface area contributed by atoms with Crippen LogP contribution >= 0.6 is 0 Å². The number of nitriles is 1. The zero-order valence-electron chi connectivity index (χ0n) is 8.52. The molecule has 0 aromatic carbocycles. The predicted molar refractivity (Wildman–Crippen MR) is 48.0 cm³/mol. The molecule has 1 heteroatoms. The normalized spacial score (nSPS) is 13.3. The molecule has 0 aromatic rings. The molecule has 0 aliphatic heterocycles. The van der Waals surface area contributed by atoms with Gasteiger partial charge in [-0.2, -0.15) is 5.26 Å². The van der Waals surface area contributed by atoms with Gasteiger partial charge in [-0.1, -0.05) is 41.5 Å². The molecule has 0 saturated carbocycles. The molecule has 0 aliphatic rings. The van der Waals surface area contributed by atoms with Crippen molar-refractivity contribution in [1.29, 1.82) is 5.26 Å². The lowest BCUT2D eigenvalue weighted by Crippen LogP contribution is -2.31. The number of rotatable bonds is 0. The minimum atomic E-state index is 0.0903. The molecule has 0 radical (unpaired) electrons. The van der Waals surface area contributed by atoms with Gasteiger partial charge in [-0.15, -0.1) is 0 Å². The van der Waals surface area contributed by atoms with Gasteiger partial charge >= 0.3 is 0 Å². The van der Waals surface area contributed by atoms with E-state index in [1.54, 1.807) is 0 Å². The van der Waals surface area contributed by atoms with Gasteiger partial charge in [0, 0.05) is 0 Å². The predicted octanol–water partition coefficient (Wildman–Crippen LogP) is 3.22. The fourth-order valence-electron chi connectivity index (χ4n) is 1.69. The van der Waals surface area contributed by atoms with Crippen molar-refractivity contribution in [3.8, 4) is 6.07 Å². The lowest BCUT2D eigenvalue weighted by molar-refractivity contribution is 0.155. The van der Waals surface area contributed by atoms with Crippen LogP contribution in [0.1, 0.15) is 41.5 Å². The highest BCUT2D eigenvalue weighted by atomic mass is 14.4. The van der Waals surface area contributed by atoms with Crippen LogP contribution in [0.2, 0.25) is 0 Å². The second kappa shape index (κ2) is 2.85. The van der Waals surface area contributed by atoms with E-state index >= 15 is 0 Å². The van der Waals surface area contributed by atoms with Crippen molar-refractivity contribution in [2.24, 2.45) is 16.7 Å². The molecule has 0 unspecified atom stereocenters. The van der Waals surface area contributed by atoms with E-state index in [0.717, 1.165) is 0 Å². The maximum atomic E-state index is 8.95. The van der Waals surface area contributed by atoms with Crippen molar-refractivity contribution in [3.05, 3.63) is 0 Å². The summed E-state index contributed by atoms with van der Waals surface area (Å²) in [6.45, 7) is 12.7. The monoisotopic (exact) mass is 153 g/mol. The Bertz CT molecular complexity index is 147. The van der Waals surface area contributed by atoms with Gasteiger partial charge in [0.05, 0.1) is 12.0 Å². The minimum Gasteiger partial charge on any atom is -0.198 e. The Labute approximate surface area is 70.4 Å². The van der Waals surface area contributed by atoms with Crippen LogP contribution in [0.3, 0.4) is 0 Å². The van der Waals surface area contributed by atoms with Gasteiger partial charge in [-0.05, 0) is 10.8 Å². The minimum absolute atomic E-state index is 0.0903.